The van der Waals surface area contributed by atoms with E-state index in [-0.39, 0.29) is 0 Å². The Morgan fingerprint density at radius 2 is 1.38 bits per heavy atom. The summed E-state index contributed by atoms with van der Waals surface area (Å²) in [5, 5.41) is 0.665. The van der Waals surface area contributed by atoms with Crippen molar-refractivity contribution in [2.45, 2.75) is 0 Å². The molecule has 0 amide bonds. The average molecular weight is 527 g/mol. The van der Waals surface area contributed by atoms with Gasteiger partial charge in [0, 0.05) is 42.7 Å². The fraction of sp³-hybridized carbons (Fsp3) is 0. The summed E-state index contributed by atoms with van der Waals surface area (Å²) in [7, 11) is 0. The van der Waals surface area contributed by atoms with Crippen molar-refractivity contribution < 1.29 is 8.83 Å². The van der Waals surface area contributed by atoms with Crippen molar-refractivity contribution in [1.29, 1.82) is 0 Å². The van der Waals surface area contributed by atoms with Crippen LogP contribution in [-0.4, -0.2) is 54.8 Å². The van der Waals surface area contributed by atoms with Crippen molar-refractivity contribution in [3.05, 3.63) is 55.6 Å². The highest BCUT2D eigenvalue weighted by Crippen LogP contribution is 2.33. The molecule has 0 aliphatic rings. The summed E-state index contributed by atoms with van der Waals surface area (Å²) >= 11 is 1.52. The molecule has 0 unspecified atom stereocenters. The number of aromatic nitrogens is 11. The van der Waals surface area contributed by atoms with Crippen LogP contribution in [0.3, 0.4) is 0 Å². The molecule has 14 heteroatoms. The standard InChI is InChI=1S/C25H9N11O2S/c1-3-28-23-15(26-1)11-7-31-21(36-22(11)38-23)12-8-33-24-18(34-12)16-13(37-24)9-32-20(35-16)10-5-14-17(30-6-10)19-25(39-14)29-4-2-27-19/h1-9H. The molecule has 0 aliphatic carbocycles. The number of rotatable bonds is 2. The van der Waals surface area contributed by atoms with E-state index in [4.69, 9.17) is 18.8 Å². The third kappa shape index (κ3) is 2.96. The van der Waals surface area contributed by atoms with Gasteiger partial charge in [-0.25, -0.2) is 44.9 Å². The number of hydrogen-bond acceptors (Lipinski definition) is 14. The molecule has 0 saturated carbocycles. The molecule has 0 spiro atoms. The fourth-order valence-corrected chi connectivity index (χ4v) is 5.47. The first-order chi connectivity index (χ1) is 19.3. The van der Waals surface area contributed by atoms with Gasteiger partial charge in [0.25, 0.3) is 0 Å². The zero-order chi connectivity index (χ0) is 25.5. The molecule has 0 radical (unpaired) electrons. The minimum absolute atomic E-state index is 0.327. The molecule has 9 aromatic rings. The minimum atomic E-state index is 0.327. The molecular formula is C25H9N11O2S. The van der Waals surface area contributed by atoms with Gasteiger partial charge in [0.2, 0.25) is 17.1 Å². The van der Waals surface area contributed by atoms with Crippen LogP contribution in [0.1, 0.15) is 0 Å². The van der Waals surface area contributed by atoms with Crippen LogP contribution in [0.4, 0.5) is 0 Å². The maximum Gasteiger partial charge on any atom is 0.248 e. The summed E-state index contributed by atoms with van der Waals surface area (Å²) in [5.41, 5.74) is 5.87. The van der Waals surface area contributed by atoms with Gasteiger partial charge < -0.3 is 8.83 Å². The fourth-order valence-electron chi connectivity index (χ4n) is 4.47. The predicted octanol–water partition coefficient (Wildman–Crippen LogP) is 4.53. The summed E-state index contributed by atoms with van der Waals surface area (Å²) in [6.07, 6.45) is 13.0. The van der Waals surface area contributed by atoms with Crippen LogP contribution >= 0.6 is 11.3 Å². The van der Waals surface area contributed by atoms with Gasteiger partial charge in [-0.2, -0.15) is 4.98 Å². The van der Waals surface area contributed by atoms with Gasteiger partial charge >= 0.3 is 0 Å². The van der Waals surface area contributed by atoms with Gasteiger partial charge in [-0.15, -0.1) is 11.3 Å². The van der Waals surface area contributed by atoms with Crippen LogP contribution in [-0.2, 0) is 0 Å². The molecule has 9 aromatic heterocycles. The monoisotopic (exact) mass is 527 g/mol. The van der Waals surface area contributed by atoms with Crippen molar-refractivity contribution in [1.82, 2.24) is 54.8 Å². The first-order valence-electron chi connectivity index (χ1n) is 11.6. The molecule has 0 aromatic carbocycles. The van der Waals surface area contributed by atoms with Crippen LogP contribution in [0.25, 0.3) is 88.1 Å². The van der Waals surface area contributed by atoms with Gasteiger partial charge in [0.05, 0.1) is 22.5 Å². The van der Waals surface area contributed by atoms with Crippen molar-refractivity contribution in [2.24, 2.45) is 0 Å². The molecule has 0 aliphatic heterocycles. The molecule has 0 saturated heterocycles. The molecule has 0 N–H and O–H groups in total. The Hall–Kier alpha value is -5.63. The summed E-state index contributed by atoms with van der Waals surface area (Å²) < 4.78 is 12.5. The molecule has 9 heterocycles. The molecular weight excluding hydrogens is 518 g/mol. The molecule has 39 heavy (non-hydrogen) atoms. The quantitative estimate of drug-likeness (QED) is 0.307. The molecule has 13 nitrogen and oxygen atoms in total. The van der Waals surface area contributed by atoms with Gasteiger partial charge in [-0.1, -0.05) is 0 Å². The van der Waals surface area contributed by atoms with E-state index in [0.717, 1.165) is 26.1 Å². The van der Waals surface area contributed by atoms with Crippen molar-refractivity contribution in [2.75, 3.05) is 0 Å². The lowest BCUT2D eigenvalue weighted by Crippen LogP contribution is -1.94. The van der Waals surface area contributed by atoms with Crippen molar-refractivity contribution >= 4 is 76.6 Å². The molecule has 0 atom stereocenters. The number of furan rings is 2. The molecule has 0 bridgehead atoms. The Kier molecular flexibility index (Phi) is 3.90. The van der Waals surface area contributed by atoms with E-state index in [9.17, 15) is 0 Å². The Balaban J connectivity index is 1.18. The highest BCUT2D eigenvalue weighted by Gasteiger charge is 2.18. The largest absolute Gasteiger partial charge is 0.433 e. The number of hydrogen-bond donors (Lipinski definition) is 0. The van der Waals surface area contributed by atoms with E-state index in [1.807, 2.05) is 6.07 Å². The second kappa shape index (κ2) is 7.45. The highest BCUT2D eigenvalue weighted by atomic mass is 32.1. The normalized spacial score (nSPS) is 12.1. The zero-order valence-corrected chi connectivity index (χ0v) is 20.2. The average Bonchev–Trinajstić information content (AvgIpc) is 3.66. The summed E-state index contributed by atoms with van der Waals surface area (Å²) in [5.74, 6) is 0.811. The SMILES string of the molecule is c1cnc2c(n1)oc1nc(-c3cnc4oc5cnc(-c6cnc7c(c6)sc6nccnc67)nc5c4n3)ncc12. The van der Waals surface area contributed by atoms with E-state index in [2.05, 4.69) is 44.9 Å². The zero-order valence-electron chi connectivity index (χ0n) is 19.3. The first kappa shape index (κ1) is 20.4. The topological polar surface area (TPSA) is 168 Å². The maximum atomic E-state index is 5.85. The Labute approximate surface area is 218 Å². The number of pyridine rings is 1. The Morgan fingerprint density at radius 1 is 0.538 bits per heavy atom. The van der Waals surface area contributed by atoms with Crippen molar-refractivity contribution in [3.63, 3.8) is 0 Å². The summed E-state index contributed by atoms with van der Waals surface area (Å²) in [4.78, 5) is 50.1. The van der Waals surface area contributed by atoms with E-state index < -0.39 is 0 Å². The first-order valence-corrected chi connectivity index (χ1v) is 12.4. The maximum absolute atomic E-state index is 5.85. The molecule has 182 valence electrons. The van der Waals surface area contributed by atoms with Crippen LogP contribution < -0.4 is 0 Å². The smallest absolute Gasteiger partial charge is 0.248 e. The van der Waals surface area contributed by atoms with Gasteiger partial charge in [0.15, 0.2) is 22.7 Å². The minimum Gasteiger partial charge on any atom is -0.433 e. The third-order valence-electron chi connectivity index (χ3n) is 6.23. The Bertz CT molecular complexity index is 2260. The van der Waals surface area contributed by atoms with Crippen LogP contribution in [0.15, 0.2) is 64.5 Å². The second-order valence-corrected chi connectivity index (χ2v) is 9.56. The highest BCUT2D eigenvalue weighted by molar-refractivity contribution is 7.25. The van der Waals surface area contributed by atoms with Crippen LogP contribution in [0.5, 0.6) is 0 Å². The lowest BCUT2D eigenvalue weighted by atomic mass is 10.2. The lowest BCUT2D eigenvalue weighted by Gasteiger charge is -2.00. The van der Waals surface area contributed by atoms with Crippen molar-refractivity contribution in [3.8, 4) is 22.9 Å². The summed E-state index contributed by atoms with van der Waals surface area (Å²) in [6.45, 7) is 0. The Morgan fingerprint density at radius 3 is 2.36 bits per heavy atom. The van der Waals surface area contributed by atoms with E-state index in [0.29, 0.717) is 62.0 Å². The van der Waals surface area contributed by atoms with Gasteiger partial charge in [-0.3, -0.25) is 4.98 Å². The van der Waals surface area contributed by atoms with E-state index in [1.165, 1.54) is 11.3 Å². The lowest BCUT2D eigenvalue weighted by molar-refractivity contribution is 0.638. The number of thiophene rings is 1. The molecule has 0 fully saturated rings. The second-order valence-electron chi connectivity index (χ2n) is 8.53. The van der Waals surface area contributed by atoms with E-state index in [1.54, 1.807) is 49.6 Å². The summed E-state index contributed by atoms with van der Waals surface area (Å²) in [6, 6.07) is 1.98. The van der Waals surface area contributed by atoms with E-state index >= 15 is 0 Å². The predicted molar refractivity (Wildman–Crippen MR) is 141 cm³/mol. The molecule has 9 rings (SSSR count). The van der Waals surface area contributed by atoms with Crippen LogP contribution in [0, 0.1) is 0 Å². The number of nitrogens with zero attached hydrogens (tertiary/aromatic N) is 11. The number of fused-ring (bicyclic) bond motifs is 9. The van der Waals surface area contributed by atoms with Crippen LogP contribution in [0.2, 0.25) is 0 Å². The van der Waals surface area contributed by atoms with Gasteiger partial charge in [0.1, 0.15) is 32.6 Å². The van der Waals surface area contributed by atoms with Gasteiger partial charge in [-0.05, 0) is 6.07 Å². The third-order valence-corrected chi connectivity index (χ3v) is 7.25.